The molecular weight excluding hydrogens is 374 g/mol. The highest BCUT2D eigenvalue weighted by atomic mass is 16.5. The van der Waals surface area contributed by atoms with E-state index in [-0.39, 0.29) is 18.3 Å². The van der Waals surface area contributed by atoms with Gasteiger partial charge in [0.2, 0.25) is 5.78 Å². The molecule has 1 aliphatic rings. The fourth-order valence-electron chi connectivity index (χ4n) is 3.34. The van der Waals surface area contributed by atoms with Crippen molar-refractivity contribution in [2.75, 3.05) is 17.2 Å². The Bertz CT molecular complexity index is 979. The summed E-state index contributed by atoms with van der Waals surface area (Å²) < 4.78 is 10.6. The van der Waals surface area contributed by atoms with Crippen molar-refractivity contribution in [1.82, 2.24) is 4.98 Å². The summed E-state index contributed by atoms with van der Waals surface area (Å²) in [6.45, 7) is 8.88. The van der Waals surface area contributed by atoms with Gasteiger partial charge >= 0.3 is 5.97 Å². The summed E-state index contributed by atoms with van der Waals surface area (Å²) in [5.74, 6) is -0.273. The number of nitrogens with one attached hydrogen (secondary N) is 3. The number of esters is 1. The molecule has 2 heterocycles. The topological polar surface area (TPSA) is 110 Å². The van der Waals surface area contributed by atoms with Crippen molar-refractivity contribution in [3.63, 3.8) is 0 Å². The van der Waals surface area contributed by atoms with Gasteiger partial charge in [-0.05, 0) is 58.4 Å². The number of ether oxygens (including phenoxy) is 2. The number of ketones is 1. The first-order chi connectivity index (χ1) is 13.7. The van der Waals surface area contributed by atoms with Gasteiger partial charge in [0.05, 0.1) is 29.6 Å². The zero-order valence-corrected chi connectivity index (χ0v) is 17.1. The summed E-state index contributed by atoms with van der Waals surface area (Å²) in [6.07, 6.45) is -0.547. The molecule has 2 atom stereocenters. The Morgan fingerprint density at radius 2 is 2.03 bits per heavy atom. The van der Waals surface area contributed by atoms with Crippen LogP contribution < -0.4 is 15.4 Å². The molecule has 0 saturated heterocycles. The molecule has 1 amide bonds. The number of hydrogen-bond donors (Lipinski definition) is 3. The van der Waals surface area contributed by atoms with Crippen LogP contribution in [0.15, 0.2) is 18.2 Å². The van der Waals surface area contributed by atoms with Crippen LogP contribution in [0.25, 0.3) is 0 Å². The molecule has 0 fully saturated rings. The Balaban J connectivity index is 1.78. The molecule has 8 heteroatoms. The fraction of sp³-hybridized carbons (Fsp3) is 0.381. The number of rotatable bonds is 6. The lowest BCUT2D eigenvalue weighted by molar-refractivity contribution is -0.122. The van der Waals surface area contributed by atoms with Gasteiger partial charge in [-0.15, -0.1) is 0 Å². The van der Waals surface area contributed by atoms with Crippen LogP contribution in [-0.4, -0.2) is 41.4 Å². The van der Waals surface area contributed by atoms with Gasteiger partial charge in [-0.1, -0.05) is 0 Å². The number of hydrogen-bond acceptors (Lipinski definition) is 6. The number of aromatic amines is 1. The average molecular weight is 399 g/mol. The van der Waals surface area contributed by atoms with E-state index < -0.39 is 18.1 Å². The van der Waals surface area contributed by atoms with E-state index in [0.717, 1.165) is 0 Å². The van der Waals surface area contributed by atoms with Crippen molar-refractivity contribution in [2.45, 2.75) is 46.8 Å². The summed E-state index contributed by atoms with van der Waals surface area (Å²) in [7, 11) is 0. The average Bonchev–Trinajstić information content (AvgIpc) is 2.96. The molecule has 0 unspecified atom stereocenters. The molecule has 3 rings (SSSR count). The molecule has 2 aromatic rings. The minimum atomic E-state index is -0.570. The zero-order chi connectivity index (χ0) is 21.3. The molecule has 8 nitrogen and oxygen atoms in total. The summed E-state index contributed by atoms with van der Waals surface area (Å²) in [5, 5.41) is 5.92. The van der Waals surface area contributed by atoms with Crippen molar-refractivity contribution < 1.29 is 23.9 Å². The minimum absolute atomic E-state index is 0.187. The standard InChI is InChI=1S/C21H25N3O5/c1-6-28-21(27)17-10(2)18(23-11(17)3)19(25)12(4)22-14-7-8-16-15(9-14)24-20(26)13(5)29-16/h7-9,12-13,22-23H,6H2,1-5H3,(H,24,26)/t12-,13-/m0/s1. The molecule has 154 valence electrons. The van der Waals surface area contributed by atoms with Crippen molar-refractivity contribution in [1.29, 1.82) is 0 Å². The van der Waals surface area contributed by atoms with E-state index >= 15 is 0 Å². The van der Waals surface area contributed by atoms with Gasteiger partial charge in [-0.3, -0.25) is 9.59 Å². The van der Waals surface area contributed by atoms with E-state index in [9.17, 15) is 14.4 Å². The van der Waals surface area contributed by atoms with Crippen molar-refractivity contribution in [2.24, 2.45) is 0 Å². The molecule has 1 aromatic carbocycles. The van der Waals surface area contributed by atoms with Crippen LogP contribution in [0, 0.1) is 13.8 Å². The van der Waals surface area contributed by atoms with Crippen LogP contribution >= 0.6 is 0 Å². The van der Waals surface area contributed by atoms with E-state index in [2.05, 4.69) is 15.6 Å². The van der Waals surface area contributed by atoms with E-state index in [4.69, 9.17) is 9.47 Å². The van der Waals surface area contributed by atoms with Crippen LogP contribution in [0.2, 0.25) is 0 Å². The predicted molar refractivity (Wildman–Crippen MR) is 109 cm³/mol. The first-order valence-corrected chi connectivity index (χ1v) is 9.51. The van der Waals surface area contributed by atoms with Crippen LogP contribution in [0.1, 0.15) is 52.9 Å². The highest BCUT2D eigenvalue weighted by molar-refractivity contribution is 6.05. The molecule has 1 aromatic heterocycles. The van der Waals surface area contributed by atoms with Gasteiger partial charge in [-0.25, -0.2) is 4.79 Å². The Hall–Kier alpha value is -3.29. The van der Waals surface area contributed by atoms with Gasteiger partial charge < -0.3 is 25.1 Å². The van der Waals surface area contributed by atoms with E-state index in [0.29, 0.717) is 39.6 Å². The number of benzene rings is 1. The lowest BCUT2D eigenvalue weighted by Crippen LogP contribution is -2.34. The molecule has 1 aliphatic heterocycles. The first-order valence-electron chi connectivity index (χ1n) is 9.51. The number of anilines is 2. The second-order valence-electron chi connectivity index (χ2n) is 7.04. The lowest BCUT2D eigenvalue weighted by Gasteiger charge is -2.24. The monoisotopic (exact) mass is 399 g/mol. The Morgan fingerprint density at radius 1 is 1.31 bits per heavy atom. The summed E-state index contributed by atoms with van der Waals surface area (Å²) in [6, 6.07) is 4.68. The summed E-state index contributed by atoms with van der Waals surface area (Å²) in [5.41, 5.74) is 3.14. The highest BCUT2D eigenvalue weighted by Gasteiger charge is 2.27. The molecule has 29 heavy (non-hydrogen) atoms. The van der Waals surface area contributed by atoms with Gasteiger partial charge in [0.1, 0.15) is 5.75 Å². The van der Waals surface area contributed by atoms with Crippen LogP contribution in [0.3, 0.4) is 0 Å². The fourth-order valence-corrected chi connectivity index (χ4v) is 3.34. The van der Waals surface area contributed by atoms with E-state index in [1.807, 2.05) is 0 Å². The Morgan fingerprint density at radius 3 is 2.72 bits per heavy atom. The molecule has 0 bridgehead atoms. The van der Waals surface area contributed by atoms with E-state index in [1.165, 1.54) is 0 Å². The second kappa shape index (κ2) is 7.98. The van der Waals surface area contributed by atoms with E-state index in [1.54, 1.807) is 52.8 Å². The number of aryl methyl sites for hydroxylation is 1. The Kier molecular flexibility index (Phi) is 5.63. The van der Waals surface area contributed by atoms with Crippen LogP contribution in [0.5, 0.6) is 5.75 Å². The smallest absolute Gasteiger partial charge is 0.340 e. The second-order valence-corrected chi connectivity index (χ2v) is 7.04. The number of amides is 1. The zero-order valence-electron chi connectivity index (χ0n) is 17.1. The van der Waals surface area contributed by atoms with Crippen molar-refractivity contribution in [3.05, 3.63) is 40.7 Å². The third kappa shape index (κ3) is 3.96. The minimum Gasteiger partial charge on any atom is -0.479 e. The maximum atomic E-state index is 13.0. The van der Waals surface area contributed by atoms with Gasteiger partial charge in [0, 0.05) is 11.4 Å². The first kappa shape index (κ1) is 20.4. The molecule has 0 radical (unpaired) electrons. The SMILES string of the molecule is CCOC(=O)c1c(C)[nH]c(C(=O)[C@H](C)Nc2ccc3c(c2)NC(=O)[C@H](C)O3)c1C. The highest BCUT2D eigenvalue weighted by Crippen LogP contribution is 2.32. The Labute approximate surface area is 169 Å². The molecule has 0 aliphatic carbocycles. The summed E-state index contributed by atoms with van der Waals surface area (Å²) >= 11 is 0. The number of aromatic nitrogens is 1. The summed E-state index contributed by atoms with van der Waals surface area (Å²) in [4.78, 5) is 39.9. The molecule has 0 spiro atoms. The number of carbonyl (C=O) groups is 3. The number of Topliss-reactive ketones (excluding diaryl/α,β-unsaturated/α-hetero) is 1. The number of H-pyrrole nitrogens is 1. The number of carbonyl (C=O) groups excluding carboxylic acids is 3. The van der Waals surface area contributed by atoms with Gasteiger partial charge in [-0.2, -0.15) is 0 Å². The van der Waals surface area contributed by atoms with Gasteiger partial charge in [0.25, 0.3) is 5.91 Å². The third-order valence-electron chi connectivity index (χ3n) is 4.85. The quantitative estimate of drug-likeness (QED) is 0.508. The molecule has 0 saturated carbocycles. The molecule has 3 N–H and O–H groups in total. The van der Waals surface area contributed by atoms with Crippen LogP contribution in [-0.2, 0) is 9.53 Å². The lowest BCUT2D eigenvalue weighted by atomic mass is 10.0. The van der Waals surface area contributed by atoms with Crippen molar-refractivity contribution in [3.8, 4) is 5.75 Å². The molecular formula is C21H25N3O5. The maximum Gasteiger partial charge on any atom is 0.340 e. The largest absolute Gasteiger partial charge is 0.479 e. The van der Waals surface area contributed by atoms with Crippen molar-refractivity contribution >= 4 is 29.0 Å². The van der Waals surface area contributed by atoms with Gasteiger partial charge in [0.15, 0.2) is 6.10 Å². The number of fused-ring (bicyclic) bond motifs is 1. The predicted octanol–water partition coefficient (Wildman–Crippen LogP) is 3.21. The third-order valence-corrected chi connectivity index (χ3v) is 4.85. The van der Waals surface area contributed by atoms with Crippen LogP contribution in [0.4, 0.5) is 11.4 Å². The normalized spacial score (nSPS) is 16.3. The maximum absolute atomic E-state index is 13.0.